The van der Waals surface area contributed by atoms with Crippen molar-refractivity contribution in [3.05, 3.63) is 0 Å². The van der Waals surface area contributed by atoms with Gasteiger partial charge in [0, 0.05) is 0 Å². The summed E-state index contributed by atoms with van der Waals surface area (Å²) in [7, 11) is 0. The Bertz CT molecular complexity index is 503. The number of aliphatic hydroxyl groups is 1. The maximum atomic E-state index is 10.6. The molecule has 1 aliphatic carbocycles. The molecule has 2 fully saturated rings. The van der Waals surface area contributed by atoms with Crippen molar-refractivity contribution in [1.82, 2.24) is 0 Å². The summed E-state index contributed by atoms with van der Waals surface area (Å²) in [6.07, 6.45) is 14.8. The summed E-state index contributed by atoms with van der Waals surface area (Å²) in [5, 5.41) is 10.6. The van der Waals surface area contributed by atoms with E-state index in [1.807, 2.05) is 0 Å². The molecule has 31 heavy (non-hydrogen) atoms. The van der Waals surface area contributed by atoms with Gasteiger partial charge in [-0.1, -0.05) is 99.8 Å². The lowest BCUT2D eigenvalue weighted by atomic mass is 9.63. The smallest absolute Gasteiger partial charge is 0.0658 e. The lowest BCUT2D eigenvalue weighted by Gasteiger charge is -2.53. The van der Waals surface area contributed by atoms with Gasteiger partial charge in [-0.2, -0.15) is 0 Å². The molecule has 1 saturated carbocycles. The van der Waals surface area contributed by atoms with Crippen molar-refractivity contribution in [1.29, 1.82) is 0 Å². The zero-order valence-electron chi connectivity index (χ0n) is 22.3. The first-order valence-electron chi connectivity index (χ1n) is 13.9. The lowest BCUT2D eigenvalue weighted by molar-refractivity contribution is -0.216. The number of hydrogen-bond acceptors (Lipinski definition) is 2. The standard InChI is InChI=1S/C29H56O2/c1-20(2)12-9-13-21(3)14-10-15-22(4)16-11-18-29(8)19-17-26-25(7)27(30)23(5)24(6)28(26)31-29/h20-28,30H,9-19H2,1-8H3. The zero-order valence-corrected chi connectivity index (χ0v) is 22.3. The van der Waals surface area contributed by atoms with Crippen molar-refractivity contribution in [3.8, 4) is 0 Å². The zero-order chi connectivity index (χ0) is 23.2. The molecule has 0 radical (unpaired) electrons. The van der Waals surface area contributed by atoms with Crippen LogP contribution in [0.4, 0.5) is 0 Å². The van der Waals surface area contributed by atoms with Gasteiger partial charge in [0.05, 0.1) is 17.8 Å². The van der Waals surface area contributed by atoms with Crippen LogP contribution in [0.15, 0.2) is 0 Å². The van der Waals surface area contributed by atoms with Crippen molar-refractivity contribution in [2.45, 2.75) is 144 Å². The van der Waals surface area contributed by atoms with Crippen molar-refractivity contribution in [2.24, 2.45) is 41.4 Å². The van der Waals surface area contributed by atoms with E-state index in [1.54, 1.807) is 0 Å². The fraction of sp³-hybridized carbons (Fsp3) is 1.00. The second-order valence-corrected chi connectivity index (χ2v) is 12.7. The van der Waals surface area contributed by atoms with Crippen LogP contribution in [0.25, 0.3) is 0 Å². The Balaban J connectivity index is 1.66. The molecular formula is C29H56O2. The maximum Gasteiger partial charge on any atom is 0.0658 e. The highest BCUT2D eigenvalue weighted by atomic mass is 16.5. The third kappa shape index (κ3) is 8.02. The Labute approximate surface area is 195 Å². The molecule has 2 aliphatic rings. The summed E-state index contributed by atoms with van der Waals surface area (Å²) in [4.78, 5) is 0. The summed E-state index contributed by atoms with van der Waals surface area (Å²) in [5.74, 6) is 4.29. The Hall–Kier alpha value is -0.0800. The molecule has 0 aromatic heterocycles. The highest BCUT2D eigenvalue weighted by molar-refractivity contribution is 4.98. The Morgan fingerprint density at radius 3 is 1.94 bits per heavy atom. The van der Waals surface area contributed by atoms with Crippen LogP contribution < -0.4 is 0 Å². The van der Waals surface area contributed by atoms with E-state index in [4.69, 9.17) is 4.74 Å². The molecule has 2 heteroatoms. The first-order chi connectivity index (χ1) is 14.5. The van der Waals surface area contributed by atoms with Crippen LogP contribution in [0.2, 0.25) is 0 Å². The highest BCUT2D eigenvalue weighted by Crippen LogP contribution is 2.48. The number of hydrogen-bond donors (Lipinski definition) is 1. The second kappa shape index (κ2) is 12.4. The number of rotatable bonds is 12. The van der Waals surface area contributed by atoms with Gasteiger partial charge in [-0.25, -0.2) is 0 Å². The minimum absolute atomic E-state index is 0.0435. The molecule has 184 valence electrons. The first kappa shape index (κ1) is 27.2. The normalized spacial score (nSPS) is 38.1. The average molecular weight is 437 g/mol. The number of aliphatic hydroxyl groups excluding tert-OH is 1. The van der Waals surface area contributed by atoms with E-state index >= 15 is 0 Å². The van der Waals surface area contributed by atoms with Gasteiger partial charge >= 0.3 is 0 Å². The Morgan fingerprint density at radius 1 is 0.806 bits per heavy atom. The number of ether oxygens (including phenoxy) is 1. The van der Waals surface area contributed by atoms with Crippen LogP contribution in [0.3, 0.4) is 0 Å². The third-order valence-electron chi connectivity index (χ3n) is 9.22. The van der Waals surface area contributed by atoms with Crippen molar-refractivity contribution < 1.29 is 9.84 Å². The second-order valence-electron chi connectivity index (χ2n) is 12.7. The van der Waals surface area contributed by atoms with Gasteiger partial charge < -0.3 is 9.84 Å². The van der Waals surface area contributed by atoms with E-state index in [0.29, 0.717) is 29.8 Å². The Kier molecular flexibility index (Phi) is 10.9. The van der Waals surface area contributed by atoms with Crippen molar-refractivity contribution >= 4 is 0 Å². The molecule has 2 nitrogen and oxygen atoms in total. The van der Waals surface area contributed by atoms with Gasteiger partial charge in [0.2, 0.25) is 0 Å². The SMILES string of the molecule is CC(C)CCCC(C)CCCC(C)CCCC1(C)CCC2C(C)C(O)C(C)C(C)C2O1. The minimum Gasteiger partial charge on any atom is -0.393 e. The van der Waals surface area contributed by atoms with Crippen LogP contribution in [-0.4, -0.2) is 22.9 Å². The van der Waals surface area contributed by atoms with Crippen LogP contribution >= 0.6 is 0 Å². The molecule has 1 N–H and O–H groups in total. The monoisotopic (exact) mass is 436 g/mol. The van der Waals surface area contributed by atoms with E-state index in [2.05, 4.69) is 55.4 Å². The summed E-state index contributed by atoms with van der Waals surface area (Å²) in [5.41, 5.74) is 0.0435. The van der Waals surface area contributed by atoms with E-state index in [1.165, 1.54) is 64.2 Å². The molecule has 1 saturated heterocycles. The molecule has 1 aliphatic heterocycles. The van der Waals surface area contributed by atoms with E-state index in [9.17, 15) is 5.11 Å². The number of fused-ring (bicyclic) bond motifs is 1. The molecule has 2 rings (SSSR count). The minimum atomic E-state index is -0.164. The molecular weight excluding hydrogens is 380 g/mol. The van der Waals surface area contributed by atoms with Crippen LogP contribution in [0.5, 0.6) is 0 Å². The van der Waals surface area contributed by atoms with E-state index in [-0.39, 0.29) is 11.7 Å². The van der Waals surface area contributed by atoms with Crippen LogP contribution in [-0.2, 0) is 4.74 Å². The van der Waals surface area contributed by atoms with Gasteiger partial charge in [-0.3, -0.25) is 0 Å². The first-order valence-corrected chi connectivity index (χ1v) is 13.9. The van der Waals surface area contributed by atoms with Crippen molar-refractivity contribution in [2.75, 3.05) is 0 Å². The Morgan fingerprint density at radius 2 is 1.35 bits per heavy atom. The van der Waals surface area contributed by atoms with Gasteiger partial charge in [0.15, 0.2) is 0 Å². The molecule has 9 atom stereocenters. The molecule has 0 bridgehead atoms. The van der Waals surface area contributed by atoms with Gasteiger partial charge in [-0.15, -0.1) is 0 Å². The molecule has 0 amide bonds. The van der Waals surface area contributed by atoms with Crippen LogP contribution in [0, 0.1) is 41.4 Å². The fourth-order valence-corrected chi connectivity index (χ4v) is 6.50. The molecule has 0 aromatic carbocycles. The van der Waals surface area contributed by atoms with Gasteiger partial charge in [0.25, 0.3) is 0 Å². The molecule has 0 aromatic rings. The lowest BCUT2D eigenvalue weighted by Crippen LogP contribution is -2.56. The summed E-state index contributed by atoms with van der Waals surface area (Å²) in [6.45, 7) is 18.7. The predicted octanol–water partition coefficient (Wildman–Crippen LogP) is 8.26. The summed E-state index contributed by atoms with van der Waals surface area (Å²) < 4.78 is 6.82. The quantitative estimate of drug-likeness (QED) is 0.333. The maximum absolute atomic E-state index is 10.6. The molecule has 9 unspecified atom stereocenters. The van der Waals surface area contributed by atoms with E-state index < -0.39 is 0 Å². The molecule has 0 spiro atoms. The largest absolute Gasteiger partial charge is 0.393 e. The average Bonchev–Trinajstić information content (AvgIpc) is 2.70. The predicted molar refractivity (Wildman–Crippen MR) is 134 cm³/mol. The summed E-state index contributed by atoms with van der Waals surface area (Å²) >= 11 is 0. The summed E-state index contributed by atoms with van der Waals surface area (Å²) in [6, 6.07) is 0. The van der Waals surface area contributed by atoms with E-state index in [0.717, 1.165) is 24.2 Å². The van der Waals surface area contributed by atoms with Crippen LogP contribution in [0.1, 0.15) is 126 Å². The fourth-order valence-electron chi connectivity index (χ4n) is 6.50. The van der Waals surface area contributed by atoms with Crippen molar-refractivity contribution in [3.63, 3.8) is 0 Å². The topological polar surface area (TPSA) is 29.5 Å². The highest BCUT2D eigenvalue weighted by Gasteiger charge is 2.50. The third-order valence-corrected chi connectivity index (χ3v) is 9.22. The van der Waals surface area contributed by atoms with Gasteiger partial charge in [0.1, 0.15) is 0 Å². The van der Waals surface area contributed by atoms with Gasteiger partial charge in [-0.05, 0) is 67.6 Å². The molecule has 1 heterocycles.